The van der Waals surface area contributed by atoms with Crippen LogP contribution in [0.2, 0.25) is 0 Å². The molecule has 1 saturated heterocycles. The largest absolute Gasteiger partial charge is 0.342 e. The molecular weight excluding hydrogens is 366 g/mol. The third-order valence-electron chi connectivity index (χ3n) is 4.53. The first-order valence-electron chi connectivity index (χ1n) is 9.11. The Balaban J connectivity index is 1.63. The average Bonchev–Trinajstić information content (AvgIpc) is 2.98. The van der Waals surface area contributed by atoms with Crippen molar-refractivity contribution in [2.45, 2.75) is 39.7 Å². The van der Waals surface area contributed by atoms with Crippen LogP contribution in [-0.4, -0.2) is 45.9 Å². The fourth-order valence-electron chi connectivity index (χ4n) is 3.17. The highest BCUT2D eigenvalue weighted by Crippen LogP contribution is 2.19. The molecule has 0 radical (unpaired) electrons. The predicted molar refractivity (Wildman–Crippen MR) is 109 cm³/mol. The topological polar surface area (TPSA) is 54.7 Å². The molecule has 0 aliphatic carbocycles. The summed E-state index contributed by atoms with van der Waals surface area (Å²) in [7, 11) is 0. The predicted octanol–water partition coefficient (Wildman–Crippen LogP) is 3.20. The van der Waals surface area contributed by atoms with E-state index in [2.05, 4.69) is 41.6 Å². The molecule has 0 unspecified atom stereocenters. The lowest BCUT2D eigenvalue weighted by atomic mass is 10.1. The number of nitrogens with zero attached hydrogens (tertiary/aromatic N) is 3. The monoisotopic (exact) mass is 391 g/mol. The van der Waals surface area contributed by atoms with Gasteiger partial charge in [0, 0.05) is 19.6 Å². The molecule has 7 heteroatoms. The Kier molecular flexibility index (Phi) is 6.53. The van der Waals surface area contributed by atoms with Gasteiger partial charge in [-0.05, 0) is 50.8 Å². The number of benzene rings is 1. The number of aromatic nitrogens is 1. The van der Waals surface area contributed by atoms with Gasteiger partial charge in [-0.1, -0.05) is 17.4 Å². The van der Waals surface area contributed by atoms with Crippen molar-refractivity contribution in [3.63, 3.8) is 0 Å². The van der Waals surface area contributed by atoms with Gasteiger partial charge < -0.3 is 9.47 Å². The van der Waals surface area contributed by atoms with Crippen molar-refractivity contribution in [2.75, 3.05) is 24.6 Å². The minimum Gasteiger partial charge on any atom is -0.342 e. The number of amides is 2. The first kappa shape index (κ1) is 19.2. The molecule has 1 aromatic heterocycles. The lowest BCUT2D eigenvalue weighted by molar-refractivity contribution is -0.129. The summed E-state index contributed by atoms with van der Waals surface area (Å²) in [5.74, 6) is 0.576. The van der Waals surface area contributed by atoms with E-state index in [1.165, 1.54) is 23.7 Å². The molecule has 3 rings (SSSR count). The molecule has 1 aliphatic heterocycles. The van der Waals surface area contributed by atoms with Crippen molar-refractivity contribution in [2.24, 2.45) is 4.99 Å². The summed E-state index contributed by atoms with van der Waals surface area (Å²) in [4.78, 5) is 31.4. The number of hydrogen-bond acceptors (Lipinski definition) is 4. The van der Waals surface area contributed by atoms with Gasteiger partial charge in [-0.15, -0.1) is 11.8 Å². The van der Waals surface area contributed by atoms with Crippen molar-refractivity contribution in [1.82, 2.24) is 9.47 Å². The molecule has 2 aromatic rings. The molecule has 2 heterocycles. The summed E-state index contributed by atoms with van der Waals surface area (Å²) in [5, 5.41) is 0. The summed E-state index contributed by atoms with van der Waals surface area (Å²) >= 11 is 2.91. The fourth-order valence-corrected chi connectivity index (χ4v) is 5.08. The van der Waals surface area contributed by atoms with Crippen molar-refractivity contribution in [3.8, 4) is 0 Å². The lowest BCUT2D eigenvalue weighted by Crippen LogP contribution is -2.36. The van der Waals surface area contributed by atoms with E-state index < -0.39 is 0 Å². The highest BCUT2D eigenvalue weighted by molar-refractivity contribution is 8.00. The lowest BCUT2D eigenvalue weighted by Gasteiger charge is -2.26. The van der Waals surface area contributed by atoms with Gasteiger partial charge in [-0.3, -0.25) is 9.59 Å². The molecule has 0 atom stereocenters. The van der Waals surface area contributed by atoms with Crippen molar-refractivity contribution in [3.05, 3.63) is 28.6 Å². The van der Waals surface area contributed by atoms with E-state index >= 15 is 0 Å². The van der Waals surface area contributed by atoms with Crippen molar-refractivity contribution in [1.29, 1.82) is 0 Å². The molecule has 140 valence electrons. The van der Waals surface area contributed by atoms with Crippen molar-refractivity contribution >= 4 is 45.1 Å². The fraction of sp³-hybridized carbons (Fsp3) is 0.526. The Morgan fingerprint density at radius 3 is 2.69 bits per heavy atom. The Morgan fingerprint density at radius 2 is 1.96 bits per heavy atom. The van der Waals surface area contributed by atoms with Crippen molar-refractivity contribution < 1.29 is 9.59 Å². The highest BCUT2D eigenvalue weighted by atomic mass is 32.2. The Hall–Kier alpha value is -1.60. The molecule has 2 amide bonds. The van der Waals surface area contributed by atoms with Crippen LogP contribution in [0.15, 0.2) is 23.2 Å². The second-order valence-electron chi connectivity index (χ2n) is 6.54. The van der Waals surface area contributed by atoms with E-state index in [4.69, 9.17) is 0 Å². The number of carbonyl (C=O) groups excluding carboxylic acids is 2. The zero-order valence-electron chi connectivity index (χ0n) is 15.4. The van der Waals surface area contributed by atoms with Gasteiger partial charge in [-0.25, -0.2) is 0 Å². The molecule has 1 aromatic carbocycles. The van der Waals surface area contributed by atoms with Gasteiger partial charge in [0.2, 0.25) is 5.91 Å². The van der Waals surface area contributed by atoms with Crippen LogP contribution in [0, 0.1) is 6.92 Å². The summed E-state index contributed by atoms with van der Waals surface area (Å²) in [5.41, 5.74) is 2.31. The molecule has 0 bridgehead atoms. The van der Waals surface area contributed by atoms with Crippen LogP contribution in [0.5, 0.6) is 0 Å². The number of fused-ring (bicyclic) bond motifs is 1. The number of carbonyl (C=O) groups is 2. The van der Waals surface area contributed by atoms with E-state index in [1.807, 2.05) is 4.90 Å². The van der Waals surface area contributed by atoms with Gasteiger partial charge in [0.05, 0.1) is 21.7 Å². The third kappa shape index (κ3) is 4.57. The Labute approximate surface area is 162 Å². The highest BCUT2D eigenvalue weighted by Gasteiger charge is 2.16. The number of thiazole rings is 1. The maximum absolute atomic E-state index is 12.3. The van der Waals surface area contributed by atoms with Gasteiger partial charge in [-0.2, -0.15) is 4.99 Å². The molecular formula is C19H25N3O2S2. The van der Waals surface area contributed by atoms with E-state index in [0.29, 0.717) is 5.75 Å². The second-order valence-corrected chi connectivity index (χ2v) is 8.53. The number of thioether (sulfide) groups is 1. The normalized spacial score (nSPS) is 15.6. The summed E-state index contributed by atoms with van der Waals surface area (Å²) in [6.07, 6.45) is 3.39. The number of likely N-dealkylation sites (tertiary alicyclic amines) is 1. The third-order valence-corrected chi connectivity index (χ3v) is 6.48. The van der Waals surface area contributed by atoms with E-state index in [-0.39, 0.29) is 17.6 Å². The second kappa shape index (κ2) is 8.86. The summed E-state index contributed by atoms with van der Waals surface area (Å²) in [6, 6.07) is 6.29. The van der Waals surface area contributed by atoms with Crippen LogP contribution in [0.1, 0.15) is 31.7 Å². The van der Waals surface area contributed by atoms with Gasteiger partial charge >= 0.3 is 0 Å². The van der Waals surface area contributed by atoms with Crippen LogP contribution in [-0.2, 0) is 16.1 Å². The number of hydrogen-bond donors (Lipinski definition) is 0. The molecule has 5 nitrogen and oxygen atoms in total. The molecule has 0 spiro atoms. The molecule has 1 fully saturated rings. The maximum atomic E-state index is 12.3. The standard InChI is InChI=1S/C19H25N3O2S2/c1-3-22-15-8-7-14(2)11-16(15)26-19(22)20-17(23)12-25-13-18(24)21-9-5-4-6-10-21/h7-8,11H,3-6,9-10,12-13H2,1-2H3. The Bertz CT molecular complexity index is 863. The summed E-state index contributed by atoms with van der Waals surface area (Å²) < 4.78 is 3.22. The number of aryl methyl sites for hydroxylation is 2. The van der Waals surface area contributed by atoms with Crippen LogP contribution >= 0.6 is 23.1 Å². The Morgan fingerprint density at radius 1 is 1.19 bits per heavy atom. The number of rotatable bonds is 5. The van der Waals surface area contributed by atoms with E-state index in [9.17, 15) is 9.59 Å². The van der Waals surface area contributed by atoms with Gasteiger partial charge in [0.15, 0.2) is 4.80 Å². The van der Waals surface area contributed by atoms with Crippen LogP contribution in [0.4, 0.5) is 0 Å². The summed E-state index contributed by atoms with van der Waals surface area (Å²) in [6.45, 7) is 6.61. The van der Waals surface area contributed by atoms with Crippen LogP contribution < -0.4 is 4.80 Å². The van der Waals surface area contributed by atoms with Crippen LogP contribution in [0.25, 0.3) is 10.2 Å². The molecule has 0 saturated carbocycles. The van der Waals surface area contributed by atoms with Gasteiger partial charge in [0.1, 0.15) is 0 Å². The minimum absolute atomic E-state index is 0.142. The SMILES string of the molecule is CCn1c(=NC(=O)CSCC(=O)N2CCCCC2)sc2cc(C)ccc21. The van der Waals surface area contributed by atoms with E-state index in [0.717, 1.165) is 47.5 Å². The first-order valence-corrected chi connectivity index (χ1v) is 11.1. The maximum Gasteiger partial charge on any atom is 0.258 e. The average molecular weight is 392 g/mol. The quantitative estimate of drug-likeness (QED) is 0.786. The van der Waals surface area contributed by atoms with E-state index in [1.54, 1.807) is 11.3 Å². The number of piperidine rings is 1. The van der Waals surface area contributed by atoms with Crippen LogP contribution in [0.3, 0.4) is 0 Å². The minimum atomic E-state index is -0.174. The zero-order chi connectivity index (χ0) is 18.5. The first-order chi connectivity index (χ1) is 12.6. The molecule has 1 aliphatic rings. The van der Waals surface area contributed by atoms with Gasteiger partial charge in [0.25, 0.3) is 5.91 Å². The molecule has 26 heavy (non-hydrogen) atoms. The molecule has 0 N–H and O–H groups in total. The zero-order valence-corrected chi connectivity index (χ0v) is 17.0. The smallest absolute Gasteiger partial charge is 0.258 e.